The van der Waals surface area contributed by atoms with Crippen molar-refractivity contribution in [2.75, 3.05) is 80.0 Å². The van der Waals surface area contributed by atoms with Crippen LogP contribution in [0.2, 0.25) is 0 Å². The van der Waals surface area contributed by atoms with Crippen LogP contribution in [0.15, 0.2) is 109 Å². The lowest BCUT2D eigenvalue weighted by molar-refractivity contribution is -0.139. The van der Waals surface area contributed by atoms with Crippen molar-refractivity contribution in [1.29, 1.82) is 0 Å². The van der Waals surface area contributed by atoms with E-state index in [9.17, 15) is 24.3 Å². The number of para-hydroxylation sites is 1. The van der Waals surface area contributed by atoms with Crippen LogP contribution in [0.4, 0.5) is 0 Å². The van der Waals surface area contributed by atoms with Gasteiger partial charge in [0.15, 0.2) is 0 Å². The maximum atomic E-state index is 14.2. The number of likely N-dealkylation sites (N-methyl/N-ethyl adjacent to an activating group) is 2. The third-order valence-electron chi connectivity index (χ3n) is 13.9. The van der Waals surface area contributed by atoms with E-state index in [1.165, 1.54) is 16.9 Å². The second-order valence-corrected chi connectivity index (χ2v) is 19.8. The van der Waals surface area contributed by atoms with Crippen LogP contribution in [0.3, 0.4) is 0 Å². The number of likely N-dealkylation sites (tertiary alicyclic amines) is 1. The van der Waals surface area contributed by atoms with Gasteiger partial charge in [-0.25, -0.2) is 4.98 Å². The Bertz CT molecular complexity index is 2640. The van der Waals surface area contributed by atoms with Crippen LogP contribution in [-0.4, -0.2) is 136 Å². The summed E-state index contributed by atoms with van der Waals surface area (Å²) in [6.45, 7) is 6.80. The number of thiazole rings is 1. The molecule has 3 atom stereocenters. The van der Waals surface area contributed by atoms with Crippen LogP contribution >= 0.6 is 11.3 Å². The molecule has 2 aliphatic rings. The van der Waals surface area contributed by atoms with Gasteiger partial charge in [0.2, 0.25) is 23.5 Å². The van der Waals surface area contributed by atoms with E-state index in [-0.39, 0.29) is 67.6 Å². The van der Waals surface area contributed by atoms with Gasteiger partial charge in [0.25, 0.3) is 0 Å². The van der Waals surface area contributed by atoms with Crippen molar-refractivity contribution in [3.05, 3.63) is 141 Å². The second-order valence-electron chi connectivity index (χ2n) is 18.9. The smallest absolute Gasteiger partial charge is 0.248 e. The fourth-order valence-corrected chi connectivity index (χ4v) is 10.5. The third kappa shape index (κ3) is 15.8. The van der Waals surface area contributed by atoms with Gasteiger partial charge in [-0.15, -0.1) is 11.3 Å². The molecule has 7 rings (SSSR count). The Labute approximate surface area is 445 Å². The lowest BCUT2D eigenvalue weighted by Gasteiger charge is -2.35. The zero-order valence-corrected chi connectivity index (χ0v) is 44.6. The number of ether oxygens (including phenoxy) is 5. The summed E-state index contributed by atoms with van der Waals surface area (Å²) < 4.78 is 28.9. The van der Waals surface area contributed by atoms with Crippen LogP contribution in [0.1, 0.15) is 109 Å². The van der Waals surface area contributed by atoms with E-state index < -0.39 is 12.1 Å². The Morgan fingerprint density at radius 2 is 1.41 bits per heavy atom. The number of phenolic OH excluding ortho intramolecular Hbond substituents is 1. The van der Waals surface area contributed by atoms with Crippen molar-refractivity contribution < 1.29 is 48.0 Å². The number of aromatic nitrogens is 1. The van der Waals surface area contributed by atoms with E-state index in [2.05, 4.69) is 29.7 Å². The lowest BCUT2D eigenvalue weighted by atomic mass is 9.83. The lowest BCUT2D eigenvalue weighted by Crippen LogP contribution is -2.55. The van der Waals surface area contributed by atoms with Crippen molar-refractivity contribution >= 4 is 46.0 Å². The Hall–Kier alpha value is -6.43. The van der Waals surface area contributed by atoms with Crippen molar-refractivity contribution in [3.8, 4) is 17.2 Å². The first-order valence-corrected chi connectivity index (χ1v) is 27.2. The number of phenols is 1. The predicted molar refractivity (Wildman–Crippen MR) is 291 cm³/mol. The van der Waals surface area contributed by atoms with Gasteiger partial charge >= 0.3 is 0 Å². The first-order valence-electron chi connectivity index (χ1n) is 26.3. The molecule has 1 aliphatic carbocycles. The molecule has 5 aromatic rings. The van der Waals surface area contributed by atoms with Gasteiger partial charge in [-0.3, -0.25) is 19.2 Å². The molecule has 1 aromatic heterocycles. The molecule has 2 fully saturated rings. The summed E-state index contributed by atoms with van der Waals surface area (Å²) >= 11 is 1.38. The van der Waals surface area contributed by atoms with Crippen molar-refractivity contribution in [2.45, 2.75) is 83.3 Å². The van der Waals surface area contributed by atoms with Gasteiger partial charge < -0.3 is 49.2 Å². The van der Waals surface area contributed by atoms with Crippen LogP contribution < -0.4 is 20.1 Å². The van der Waals surface area contributed by atoms with E-state index >= 15 is 0 Å². The molecule has 15 nitrogen and oxygen atoms in total. The van der Waals surface area contributed by atoms with Crippen LogP contribution in [0.5, 0.6) is 17.2 Å². The van der Waals surface area contributed by atoms with E-state index in [1.807, 2.05) is 59.5 Å². The van der Waals surface area contributed by atoms with Crippen molar-refractivity contribution in [2.24, 2.45) is 5.92 Å². The number of nitrogens with zero attached hydrogens (tertiary/aromatic N) is 3. The van der Waals surface area contributed by atoms with Crippen LogP contribution in [-0.2, 0) is 28.6 Å². The predicted octanol–water partition coefficient (Wildman–Crippen LogP) is 8.75. The minimum absolute atomic E-state index is 0.0710. The highest BCUT2D eigenvalue weighted by Gasteiger charge is 2.40. The number of ketones is 1. The summed E-state index contributed by atoms with van der Waals surface area (Å²) in [6, 6.07) is 31.3. The first kappa shape index (κ1) is 56.3. The first-order chi connectivity index (χ1) is 36.6. The highest BCUT2D eigenvalue weighted by molar-refractivity contribution is 7.10. The normalized spacial score (nSPS) is 15.9. The summed E-state index contributed by atoms with van der Waals surface area (Å²) in [5, 5.41) is 18.5. The maximum Gasteiger partial charge on any atom is 0.248 e. The molecule has 1 saturated heterocycles. The molecule has 3 N–H and O–H groups in total. The van der Waals surface area contributed by atoms with Gasteiger partial charge in [-0.2, -0.15) is 0 Å². The minimum atomic E-state index is -0.595. The molecule has 1 saturated carbocycles. The Kier molecular flexibility index (Phi) is 21.8. The number of allylic oxidation sites excluding steroid dienone is 1. The molecule has 400 valence electrons. The van der Waals surface area contributed by atoms with E-state index in [4.69, 9.17) is 28.7 Å². The topological polar surface area (TPSA) is 178 Å². The summed E-state index contributed by atoms with van der Waals surface area (Å²) in [4.78, 5) is 62.0. The van der Waals surface area contributed by atoms with Crippen molar-refractivity contribution in [3.63, 3.8) is 0 Å². The van der Waals surface area contributed by atoms with Crippen LogP contribution in [0, 0.1) is 5.92 Å². The monoisotopic (exact) mass is 1040 g/mol. The number of carbonyl (C=O) groups excluding carboxylic acids is 4. The van der Waals surface area contributed by atoms with Gasteiger partial charge in [-0.1, -0.05) is 92.9 Å². The summed E-state index contributed by atoms with van der Waals surface area (Å²) in [6.07, 6.45) is 7.41. The molecule has 4 aromatic carbocycles. The molecule has 0 radical (unpaired) electrons. The highest BCUT2D eigenvalue weighted by Crippen LogP contribution is 2.38. The Balaban J connectivity index is 0.774. The van der Waals surface area contributed by atoms with E-state index in [1.54, 1.807) is 67.7 Å². The molecule has 0 spiro atoms. The average molecular weight is 1040 g/mol. The Morgan fingerprint density at radius 1 is 0.760 bits per heavy atom. The Morgan fingerprint density at radius 3 is 2.11 bits per heavy atom. The van der Waals surface area contributed by atoms with Gasteiger partial charge in [0.1, 0.15) is 53.8 Å². The standard InChI is InChI=1S/C59H73N5O10S/c1-5-48(42-15-8-6-9-16-42)54(43-22-26-46(65)27-23-43)44-24-28-47(29-25-44)73-32-31-63(4)53(66)39-72-36-35-70-33-34-71-37-38-74-52-21-13-12-19-49(52)56(67)50-40-75-58(61-50)51-20-14-30-64(51)59(69)55(45-17-10-7-11-18-45)62-57(68)41(2)60-3/h6,8-9,12-13,15-16,19,21-29,40-41,45,51,55,60,65H,5,7,10-11,14,17-18,20,30-39H2,1-4H3,(H,62,68)/b54-48-/t41?,51-,55-/m0/s1. The average Bonchev–Trinajstić information content (AvgIpc) is 4.15. The molecule has 1 aliphatic heterocycles. The molecule has 2 heterocycles. The summed E-state index contributed by atoms with van der Waals surface area (Å²) in [5.74, 6) is 0.728. The van der Waals surface area contributed by atoms with E-state index in [0.29, 0.717) is 67.3 Å². The van der Waals surface area contributed by atoms with Gasteiger partial charge in [0.05, 0.1) is 57.2 Å². The fourth-order valence-electron chi connectivity index (χ4n) is 9.56. The number of carbonyl (C=O) groups is 4. The number of aromatic hydroxyl groups is 1. The van der Waals surface area contributed by atoms with Crippen LogP contribution in [0.25, 0.3) is 11.1 Å². The largest absolute Gasteiger partial charge is 0.508 e. The van der Waals surface area contributed by atoms with E-state index in [0.717, 1.165) is 73.6 Å². The van der Waals surface area contributed by atoms with Gasteiger partial charge in [0, 0.05) is 19.0 Å². The maximum absolute atomic E-state index is 14.2. The highest BCUT2D eigenvalue weighted by atomic mass is 32.1. The second kappa shape index (κ2) is 29.0. The van der Waals surface area contributed by atoms with Crippen molar-refractivity contribution in [1.82, 2.24) is 25.4 Å². The number of hydrogen-bond donors (Lipinski definition) is 3. The zero-order valence-electron chi connectivity index (χ0n) is 43.8. The fraction of sp³-hybridized carbons (Fsp3) is 0.441. The molecule has 16 heteroatoms. The third-order valence-corrected chi connectivity index (χ3v) is 14.8. The number of nitrogens with one attached hydrogen (secondary N) is 2. The number of hydrogen-bond acceptors (Lipinski definition) is 13. The quantitative estimate of drug-likeness (QED) is 0.0247. The molecule has 3 amide bonds. The minimum Gasteiger partial charge on any atom is -0.508 e. The molecule has 75 heavy (non-hydrogen) atoms. The summed E-state index contributed by atoms with van der Waals surface area (Å²) in [5.41, 5.74) is 6.15. The number of benzene rings is 4. The number of amides is 3. The van der Waals surface area contributed by atoms with Gasteiger partial charge in [-0.05, 0) is 116 Å². The molecule has 1 unspecified atom stereocenters. The molecular formula is C59H73N5O10S. The number of rotatable bonds is 28. The summed E-state index contributed by atoms with van der Waals surface area (Å²) in [7, 11) is 3.45. The molecular weight excluding hydrogens is 971 g/mol. The SMILES string of the molecule is CC/C(=C(\c1ccc(O)cc1)c1ccc(OCCN(C)C(=O)COCCOCCOCCOc2ccccc2C(=O)c2csc([C@@H]3CCCN3C(=O)[C@@H](NC(=O)C(C)NC)C3CCCCC3)n2)cc1)c1ccccc1. The zero-order chi connectivity index (χ0) is 52.9. The molecule has 0 bridgehead atoms.